The predicted molar refractivity (Wildman–Crippen MR) is 72.9 cm³/mol. The summed E-state index contributed by atoms with van der Waals surface area (Å²) in [6, 6.07) is 6.88. The second kappa shape index (κ2) is 4.61. The van der Waals surface area contributed by atoms with E-state index in [0.29, 0.717) is 0 Å². The zero-order valence-corrected chi connectivity index (χ0v) is 11.3. The van der Waals surface area contributed by atoms with Crippen LogP contribution in [0.2, 0.25) is 5.02 Å². The van der Waals surface area contributed by atoms with Crippen molar-refractivity contribution in [1.29, 1.82) is 0 Å². The van der Waals surface area contributed by atoms with Gasteiger partial charge in [0.2, 0.25) is 0 Å². The number of aromatic nitrogens is 1. The topological polar surface area (TPSA) is 45.1 Å². The van der Waals surface area contributed by atoms with Gasteiger partial charge in [-0.3, -0.25) is 0 Å². The first kappa shape index (κ1) is 14.2. The maximum absolute atomic E-state index is 13.8. The number of halogens is 4. The summed E-state index contributed by atoms with van der Waals surface area (Å²) in [4.78, 5) is 3.94. The Morgan fingerprint density at radius 1 is 1.24 bits per heavy atom. The molecule has 2 N–H and O–H groups in total. The first-order chi connectivity index (χ1) is 9.90. The van der Waals surface area contributed by atoms with Crippen LogP contribution in [0.5, 0.6) is 0 Å². The first-order valence-corrected chi connectivity index (χ1v) is 6.48. The van der Waals surface area contributed by atoms with Crippen LogP contribution in [-0.4, -0.2) is 22.9 Å². The molecular weight excluding hydrogens is 305 g/mol. The molecule has 0 radical (unpaired) electrons. The highest BCUT2D eigenvalue weighted by molar-refractivity contribution is 6.30. The second-order valence-electron chi connectivity index (χ2n) is 4.78. The minimum absolute atomic E-state index is 0.0821. The van der Waals surface area contributed by atoms with E-state index in [1.807, 2.05) is 0 Å². The van der Waals surface area contributed by atoms with Gasteiger partial charge in [0.25, 0.3) is 0 Å². The molecule has 1 atom stereocenters. The monoisotopic (exact) mass is 314 g/mol. The van der Waals surface area contributed by atoms with Crippen LogP contribution >= 0.6 is 11.6 Å². The van der Waals surface area contributed by atoms with Crippen LogP contribution in [0.25, 0.3) is 0 Å². The Labute approximate surface area is 123 Å². The Hall–Kier alpha value is -1.79. The normalized spacial score (nSPS) is 20.4. The number of rotatable bonds is 1. The van der Waals surface area contributed by atoms with Crippen LogP contribution in [0.3, 0.4) is 0 Å². The lowest BCUT2D eigenvalue weighted by Gasteiger charge is -2.40. The van der Waals surface area contributed by atoms with E-state index < -0.39 is 18.2 Å². The number of hydrogen-bond acceptors (Lipinski definition) is 3. The Bertz CT molecular complexity index is 705. The molecule has 0 fully saturated rings. The van der Waals surface area contributed by atoms with Crippen molar-refractivity contribution in [2.75, 3.05) is 11.9 Å². The van der Waals surface area contributed by atoms with E-state index in [1.165, 1.54) is 36.5 Å². The molecule has 1 aromatic heterocycles. The third-order valence-corrected chi connectivity index (χ3v) is 3.92. The van der Waals surface area contributed by atoms with Crippen LogP contribution in [0.15, 0.2) is 36.5 Å². The average Bonchev–Trinajstić information content (AvgIpc) is 2.43. The van der Waals surface area contributed by atoms with Gasteiger partial charge in [-0.15, -0.1) is 0 Å². The van der Waals surface area contributed by atoms with Gasteiger partial charge in [-0.05, 0) is 29.8 Å². The van der Waals surface area contributed by atoms with Crippen LogP contribution < -0.4 is 5.32 Å². The maximum atomic E-state index is 13.8. The van der Waals surface area contributed by atoms with Gasteiger partial charge in [-0.1, -0.05) is 17.7 Å². The molecule has 2 heterocycles. The molecule has 0 saturated carbocycles. The summed E-state index contributed by atoms with van der Waals surface area (Å²) >= 11 is 5.85. The lowest BCUT2D eigenvalue weighted by Crippen LogP contribution is -2.49. The van der Waals surface area contributed by atoms with E-state index >= 15 is 0 Å². The highest BCUT2D eigenvalue weighted by Crippen LogP contribution is 2.53. The molecule has 0 amide bonds. The zero-order chi connectivity index (χ0) is 15.3. The van der Waals surface area contributed by atoms with Crippen molar-refractivity contribution in [3.8, 4) is 0 Å². The molecule has 0 aliphatic carbocycles. The van der Waals surface area contributed by atoms with Gasteiger partial charge in [0.1, 0.15) is 11.2 Å². The van der Waals surface area contributed by atoms with Crippen molar-refractivity contribution in [3.63, 3.8) is 0 Å². The summed E-state index contributed by atoms with van der Waals surface area (Å²) in [7, 11) is 0. The number of aliphatic hydroxyl groups excluding tert-OH is 1. The Balaban J connectivity index is 2.39. The minimum Gasteiger partial charge on any atom is -0.395 e. The van der Waals surface area contributed by atoms with E-state index in [4.69, 9.17) is 11.6 Å². The molecule has 1 aliphatic heterocycles. The number of alkyl halides is 3. The standard InChI is InChI=1S/C14H10ClF3N2O/c15-8-3-4-11-10(6-8)13(7-21,14(16,17)18)9-2-1-5-19-12(9)20-11/h1-6,21H,7H2,(H,19,20). The molecule has 3 rings (SSSR count). The van der Waals surface area contributed by atoms with Crippen molar-refractivity contribution < 1.29 is 18.3 Å². The van der Waals surface area contributed by atoms with E-state index in [-0.39, 0.29) is 27.7 Å². The smallest absolute Gasteiger partial charge is 0.395 e. The van der Waals surface area contributed by atoms with Gasteiger partial charge >= 0.3 is 6.18 Å². The van der Waals surface area contributed by atoms with Gasteiger partial charge in [0.15, 0.2) is 0 Å². The zero-order valence-electron chi connectivity index (χ0n) is 10.6. The number of aliphatic hydroxyl groups is 1. The SMILES string of the molecule is OCC1(C(F)(F)F)c2cc(Cl)ccc2Nc2ncccc21. The van der Waals surface area contributed by atoms with Crippen LogP contribution in [0, 0.1) is 0 Å². The van der Waals surface area contributed by atoms with E-state index in [9.17, 15) is 18.3 Å². The molecule has 0 saturated heterocycles. The fourth-order valence-electron chi connectivity index (χ4n) is 2.67. The number of benzene rings is 1. The summed E-state index contributed by atoms with van der Waals surface area (Å²) in [6.45, 7) is -1.12. The van der Waals surface area contributed by atoms with Gasteiger partial charge < -0.3 is 10.4 Å². The van der Waals surface area contributed by atoms with Crippen LogP contribution in [0.1, 0.15) is 11.1 Å². The summed E-state index contributed by atoms with van der Waals surface area (Å²) < 4.78 is 41.5. The third kappa shape index (κ3) is 1.90. The Kier molecular flexibility index (Phi) is 3.11. The number of nitrogens with zero attached hydrogens (tertiary/aromatic N) is 1. The van der Waals surface area contributed by atoms with Crippen molar-refractivity contribution >= 4 is 23.1 Å². The molecule has 21 heavy (non-hydrogen) atoms. The molecule has 0 spiro atoms. The van der Waals surface area contributed by atoms with Crippen molar-refractivity contribution in [2.24, 2.45) is 0 Å². The lowest BCUT2D eigenvalue weighted by atomic mass is 9.72. The summed E-state index contributed by atoms with van der Waals surface area (Å²) in [5.74, 6) is 0.0821. The fraction of sp³-hybridized carbons (Fsp3) is 0.214. The molecule has 2 aromatic rings. The average molecular weight is 315 g/mol. The highest BCUT2D eigenvalue weighted by atomic mass is 35.5. The number of fused-ring (bicyclic) bond motifs is 2. The van der Waals surface area contributed by atoms with Gasteiger partial charge in [0.05, 0.1) is 6.61 Å². The fourth-order valence-corrected chi connectivity index (χ4v) is 2.84. The molecule has 3 nitrogen and oxygen atoms in total. The van der Waals surface area contributed by atoms with Gasteiger partial charge in [0, 0.05) is 22.5 Å². The van der Waals surface area contributed by atoms with E-state index in [2.05, 4.69) is 10.3 Å². The molecule has 7 heteroatoms. The van der Waals surface area contributed by atoms with Gasteiger partial charge in [-0.25, -0.2) is 4.98 Å². The van der Waals surface area contributed by atoms with Crippen molar-refractivity contribution in [1.82, 2.24) is 4.98 Å². The largest absolute Gasteiger partial charge is 0.404 e. The number of anilines is 2. The number of nitrogens with one attached hydrogen (secondary N) is 1. The predicted octanol–water partition coefficient (Wildman–Crippen LogP) is 3.63. The van der Waals surface area contributed by atoms with E-state index in [0.717, 1.165) is 0 Å². The molecule has 1 unspecified atom stereocenters. The summed E-state index contributed by atoms with van der Waals surface area (Å²) in [5, 5.41) is 12.7. The third-order valence-electron chi connectivity index (χ3n) is 3.68. The molecule has 0 bridgehead atoms. The molecule has 110 valence electrons. The van der Waals surface area contributed by atoms with Crippen LogP contribution in [0.4, 0.5) is 24.7 Å². The van der Waals surface area contributed by atoms with Crippen molar-refractivity contribution in [3.05, 3.63) is 52.7 Å². The number of pyridine rings is 1. The minimum atomic E-state index is -4.69. The summed E-state index contributed by atoms with van der Waals surface area (Å²) in [5.41, 5.74) is -2.53. The summed E-state index contributed by atoms with van der Waals surface area (Å²) in [6.07, 6.45) is -3.30. The molecule has 1 aromatic carbocycles. The molecular formula is C14H10ClF3N2O. The first-order valence-electron chi connectivity index (χ1n) is 6.10. The maximum Gasteiger partial charge on any atom is 0.404 e. The Morgan fingerprint density at radius 2 is 2.00 bits per heavy atom. The van der Waals surface area contributed by atoms with Crippen LogP contribution in [-0.2, 0) is 5.41 Å². The van der Waals surface area contributed by atoms with Crippen molar-refractivity contribution in [2.45, 2.75) is 11.6 Å². The van der Waals surface area contributed by atoms with Gasteiger partial charge in [-0.2, -0.15) is 13.2 Å². The lowest BCUT2D eigenvalue weighted by molar-refractivity contribution is -0.187. The second-order valence-corrected chi connectivity index (χ2v) is 5.21. The van der Waals surface area contributed by atoms with E-state index in [1.54, 1.807) is 0 Å². The Morgan fingerprint density at radius 3 is 2.67 bits per heavy atom. The highest BCUT2D eigenvalue weighted by Gasteiger charge is 2.60. The number of hydrogen-bond donors (Lipinski definition) is 2. The quantitative estimate of drug-likeness (QED) is 0.845. The molecule has 1 aliphatic rings.